The normalized spacial score (nSPS) is 16.5. The van der Waals surface area contributed by atoms with Crippen LogP contribution in [0.1, 0.15) is 36.4 Å². The van der Waals surface area contributed by atoms with Crippen LogP contribution < -0.4 is 10.1 Å². The van der Waals surface area contributed by atoms with Gasteiger partial charge in [-0.2, -0.15) is 0 Å². The number of likely N-dealkylation sites (tertiary alicyclic amines) is 1. The molecule has 1 N–H and O–H groups in total. The highest BCUT2D eigenvalue weighted by molar-refractivity contribution is 7.09. The molecule has 134 valence electrons. The molecule has 1 saturated heterocycles. The van der Waals surface area contributed by atoms with Crippen LogP contribution in [0, 0.1) is 6.92 Å². The van der Waals surface area contributed by atoms with Crippen LogP contribution in [0.3, 0.4) is 0 Å². The Morgan fingerprint density at radius 3 is 2.76 bits per heavy atom. The molecule has 2 aromatic heterocycles. The molecular formula is C17H23N5O2S. The van der Waals surface area contributed by atoms with Gasteiger partial charge in [-0.3, -0.25) is 0 Å². The van der Waals surface area contributed by atoms with Crippen LogP contribution in [-0.4, -0.2) is 51.6 Å². The van der Waals surface area contributed by atoms with Gasteiger partial charge in [0, 0.05) is 61.9 Å². The molecule has 8 heteroatoms. The van der Waals surface area contributed by atoms with Crippen molar-refractivity contribution in [3.8, 4) is 6.01 Å². The molecule has 0 aromatic carbocycles. The fraction of sp³-hybridized carbons (Fsp3) is 0.529. The van der Waals surface area contributed by atoms with Crippen LogP contribution in [0.5, 0.6) is 6.01 Å². The minimum atomic E-state index is -0.0189. The van der Waals surface area contributed by atoms with Gasteiger partial charge in [0.1, 0.15) is 6.10 Å². The first-order chi connectivity index (χ1) is 12.1. The summed E-state index contributed by atoms with van der Waals surface area (Å²) in [5, 5.41) is 6.11. The third-order valence-corrected chi connectivity index (χ3v) is 5.36. The lowest BCUT2D eigenvalue weighted by Gasteiger charge is -2.31. The van der Waals surface area contributed by atoms with E-state index in [4.69, 9.17) is 4.74 Å². The molecule has 0 aliphatic carbocycles. The van der Waals surface area contributed by atoms with Gasteiger partial charge in [0.05, 0.1) is 5.01 Å². The molecule has 7 nitrogen and oxygen atoms in total. The lowest BCUT2D eigenvalue weighted by Crippen LogP contribution is -2.47. The number of ether oxygens (including phenoxy) is 1. The lowest BCUT2D eigenvalue weighted by molar-refractivity contribution is 0.103. The lowest BCUT2D eigenvalue weighted by atomic mass is 10.1. The Morgan fingerprint density at radius 1 is 1.40 bits per heavy atom. The van der Waals surface area contributed by atoms with Crippen molar-refractivity contribution in [1.29, 1.82) is 0 Å². The summed E-state index contributed by atoms with van der Waals surface area (Å²) in [6, 6.07) is 2.14. The summed E-state index contributed by atoms with van der Waals surface area (Å²) < 4.78 is 5.75. The highest BCUT2D eigenvalue weighted by Gasteiger charge is 2.24. The summed E-state index contributed by atoms with van der Waals surface area (Å²) in [7, 11) is 0. The maximum Gasteiger partial charge on any atom is 0.317 e. The van der Waals surface area contributed by atoms with Gasteiger partial charge in [-0.15, -0.1) is 11.3 Å². The van der Waals surface area contributed by atoms with Crippen molar-refractivity contribution in [2.75, 3.05) is 19.6 Å². The van der Waals surface area contributed by atoms with Gasteiger partial charge in [-0.1, -0.05) is 6.92 Å². The van der Waals surface area contributed by atoms with Crippen molar-refractivity contribution in [2.45, 2.75) is 38.7 Å². The number of carbonyl (C=O) groups is 1. The number of thiazole rings is 1. The Labute approximate surface area is 151 Å². The van der Waals surface area contributed by atoms with E-state index in [0.717, 1.165) is 23.5 Å². The average Bonchev–Trinajstić information content (AvgIpc) is 3.07. The number of nitrogens with zero attached hydrogens (tertiary/aromatic N) is 4. The van der Waals surface area contributed by atoms with Crippen molar-refractivity contribution < 1.29 is 9.53 Å². The Bertz CT molecular complexity index is 685. The molecule has 25 heavy (non-hydrogen) atoms. The van der Waals surface area contributed by atoms with Gasteiger partial charge in [0.2, 0.25) is 0 Å². The van der Waals surface area contributed by atoms with Crippen LogP contribution in [0.25, 0.3) is 0 Å². The minimum absolute atomic E-state index is 0.0189. The summed E-state index contributed by atoms with van der Waals surface area (Å²) >= 11 is 1.64. The number of hydrogen-bond acceptors (Lipinski definition) is 6. The number of hydrogen-bond donors (Lipinski definition) is 1. The second-order valence-electron chi connectivity index (χ2n) is 6.25. The Hall–Kier alpha value is -2.22. The molecule has 1 unspecified atom stereocenters. The summed E-state index contributed by atoms with van der Waals surface area (Å²) in [5.41, 5.74) is 1.03. The number of aromatic nitrogens is 3. The van der Waals surface area contributed by atoms with E-state index in [2.05, 4.69) is 27.2 Å². The first-order valence-corrected chi connectivity index (χ1v) is 9.38. The summed E-state index contributed by atoms with van der Waals surface area (Å²) in [6.45, 7) is 6.01. The van der Waals surface area contributed by atoms with E-state index in [1.165, 1.54) is 0 Å². The topological polar surface area (TPSA) is 80.2 Å². The highest BCUT2D eigenvalue weighted by atomic mass is 32.1. The van der Waals surface area contributed by atoms with E-state index in [1.54, 1.807) is 29.8 Å². The molecule has 0 radical (unpaired) electrons. The molecule has 0 saturated carbocycles. The summed E-state index contributed by atoms with van der Waals surface area (Å²) in [5.74, 6) is 0.221. The van der Waals surface area contributed by atoms with E-state index in [0.29, 0.717) is 25.6 Å². The zero-order valence-corrected chi connectivity index (χ0v) is 15.3. The second kappa shape index (κ2) is 8.24. The fourth-order valence-electron chi connectivity index (χ4n) is 2.71. The van der Waals surface area contributed by atoms with Crippen LogP contribution >= 0.6 is 11.3 Å². The Kier molecular flexibility index (Phi) is 5.80. The first kappa shape index (κ1) is 17.6. The quantitative estimate of drug-likeness (QED) is 0.885. The van der Waals surface area contributed by atoms with Gasteiger partial charge < -0.3 is 15.0 Å². The van der Waals surface area contributed by atoms with Crippen LogP contribution in [0.4, 0.5) is 4.79 Å². The largest absolute Gasteiger partial charge is 0.460 e. The third-order valence-electron chi connectivity index (χ3n) is 4.16. The number of rotatable bonds is 5. The zero-order valence-electron chi connectivity index (χ0n) is 14.5. The third kappa shape index (κ3) is 4.88. The van der Waals surface area contributed by atoms with Gasteiger partial charge in [0.25, 0.3) is 0 Å². The van der Waals surface area contributed by atoms with Gasteiger partial charge in [-0.05, 0) is 13.0 Å². The molecular weight excluding hydrogens is 338 g/mol. The SMILES string of the molecule is Cc1csc(C(C)CNC(=O)N2CCC(Oc3ncccn3)CC2)n1. The van der Waals surface area contributed by atoms with Gasteiger partial charge in [0.15, 0.2) is 0 Å². The van der Waals surface area contributed by atoms with E-state index >= 15 is 0 Å². The molecule has 1 fully saturated rings. The maximum absolute atomic E-state index is 12.3. The molecule has 0 bridgehead atoms. The molecule has 3 rings (SSSR count). The van der Waals surface area contributed by atoms with Crippen molar-refractivity contribution in [1.82, 2.24) is 25.2 Å². The predicted octanol–water partition coefficient (Wildman–Crippen LogP) is 2.60. The van der Waals surface area contributed by atoms with E-state index in [-0.39, 0.29) is 18.1 Å². The Morgan fingerprint density at radius 2 is 2.12 bits per heavy atom. The predicted molar refractivity (Wildman–Crippen MR) is 95.9 cm³/mol. The molecule has 1 atom stereocenters. The maximum atomic E-state index is 12.3. The molecule has 2 amide bonds. The van der Waals surface area contributed by atoms with Crippen LogP contribution in [0.2, 0.25) is 0 Å². The summed E-state index contributed by atoms with van der Waals surface area (Å²) in [4.78, 5) is 26.8. The first-order valence-electron chi connectivity index (χ1n) is 8.50. The van der Waals surface area contributed by atoms with Gasteiger partial charge in [-0.25, -0.2) is 19.7 Å². The number of urea groups is 1. The van der Waals surface area contributed by atoms with E-state index < -0.39 is 0 Å². The molecule has 0 spiro atoms. The van der Waals surface area contributed by atoms with Crippen molar-refractivity contribution in [2.24, 2.45) is 0 Å². The Balaban J connectivity index is 1.41. The fourth-order valence-corrected chi connectivity index (χ4v) is 3.57. The monoisotopic (exact) mass is 361 g/mol. The van der Waals surface area contributed by atoms with Crippen LogP contribution in [0.15, 0.2) is 23.8 Å². The minimum Gasteiger partial charge on any atom is -0.460 e. The zero-order chi connectivity index (χ0) is 17.6. The van der Waals surface area contributed by atoms with E-state index in [1.807, 2.05) is 17.2 Å². The van der Waals surface area contributed by atoms with Crippen molar-refractivity contribution >= 4 is 17.4 Å². The number of carbonyl (C=O) groups excluding carboxylic acids is 1. The molecule has 3 heterocycles. The number of nitrogens with one attached hydrogen (secondary N) is 1. The van der Waals surface area contributed by atoms with Gasteiger partial charge >= 0.3 is 12.0 Å². The van der Waals surface area contributed by atoms with Crippen LogP contribution in [-0.2, 0) is 0 Å². The van der Waals surface area contributed by atoms with Crippen molar-refractivity contribution in [3.63, 3.8) is 0 Å². The number of amides is 2. The number of piperidine rings is 1. The molecule has 2 aromatic rings. The second-order valence-corrected chi connectivity index (χ2v) is 7.14. The smallest absolute Gasteiger partial charge is 0.317 e. The summed E-state index contributed by atoms with van der Waals surface area (Å²) in [6.07, 6.45) is 4.95. The highest BCUT2D eigenvalue weighted by Crippen LogP contribution is 2.19. The standard InChI is InChI=1S/C17H23N5O2S/c1-12(15-21-13(2)11-25-15)10-20-17(23)22-8-4-14(5-9-22)24-16-18-6-3-7-19-16/h3,6-7,11-12,14H,4-5,8-10H2,1-2H3,(H,20,23). The van der Waals surface area contributed by atoms with E-state index in [9.17, 15) is 4.79 Å². The molecule has 1 aliphatic heterocycles. The average molecular weight is 361 g/mol. The number of aryl methyl sites for hydroxylation is 1. The molecule has 1 aliphatic rings. The van der Waals surface area contributed by atoms with Crippen molar-refractivity contribution in [3.05, 3.63) is 34.5 Å².